The predicted octanol–water partition coefficient (Wildman–Crippen LogP) is 0.821. The van der Waals surface area contributed by atoms with Crippen LogP contribution in [0.15, 0.2) is 24.3 Å². The number of phenolic OH excluding ortho intramolecular Hbond substituents is 1. The average Bonchev–Trinajstić information content (AvgIpc) is 3.04. The molecule has 94 valence electrons. The summed E-state index contributed by atoms with van der Waals surface area (Å²) in [5.74, 6) is 0.176. The molecule has 0 unspecified atom stereocenters. The summed E-state index contributed by atoms with van der Waals surface area (Å²) in [6, 6.07) is 6.62. The van der Waals surface area contributed by atoms with Crippen LogP contribution in [0.25, 0.3) is 0 Å². The van der Waals surface area contributed by atoms with Gasteiger partial charge in [-0.15, -0.1) is 0 Å². The average molecular weight is 256 g/mol. The van der Waals surface area contributed by atoms with Gasteiger partial charge in [0.1, 0.15) is 5.75 Å². The van der Waals surface area contributed by atoms with Gasteiger partial charge in [-0.3, -0.25) is 0 Å². The molecule has 0 amide bonds. The van der Waals surface area contributed by atoms with Crippen molar-refractivity contribution in [1.82, 2.24) is 9.03 Å². The van der Waals surface area contributed by atoms with Crippen molar-refractivity contribution in [3.05, 3.63) is 29.8 Å². The van der Waals surface area contributed by atoms with Gasteiger partial charge in [-0.2, -0.15) is 17.4 Å². The van der Waals surface area contributed by atoms with Gasteiger partial charge < -0.3 is 5.11 Å². The lowest BCUT2D eigenvalue weighted by atomic mass is 10.2. The van der Waals surface area contributed by atoms with Gasteiger partial charge in [0.25, 0.3) is 10.2 Å². The van der Waals surface area contributed by atoms with Crippen molar-refractivity contribution in [3.8, 4) is 5.75 Å². The van der Waals surface area contributed by atoms with Gasteiger partial charge in [-0.05, 0) is 30.5 Å². The lowest BCUT2D eigenvalue weighted by molar-refractivity contribution is 0.453. The first kappa shape index (κ1) is 12.3. The van der Waals surface area contributed by atoms with E-state index in [0.717, 1.165) is 18.4 Å². The van der Waals surface area contributed by atoms with Gasteiger partial charge >= 0.3 is 0 Å². The quantitative estimate of drug-likeness (QED) is 0.819. The maximum Gasteiger partial charge on any atom is 0.279 e. The predicted molar refractivity (Wildman–Crippen MR) is 64.7 cm³/mol. The Morgan fingerprint density at radius 1 is 1.35 bits per heavy atom. The molecule has 1 aliphatic carbocycles. The summed E-state index contributed by atoms with van der Waals surface area (Å²) in [5.41, 5.74) is 0.839. The minimum absolute atomic E-state index is 0.113. The lowest BCUT2D eigenvalue weighted by Gasteiger charge is -2.17. The van der Waals surface area contributed by atoms with Gasteiger partial charge in [0.2, 0.25) is 0 Å². The third-order valence-corrected chi connectivity index (χ3v) is 4.23. The largest absolute Gasteiger partial charge is 0.508 e. The summed E-state index contributed by atoms with van der Waals surface area (Å²) in [4.78, 5) is 0. The Morgan fingerprint density at radius 3 is 2.47 bits per heavy atom. The molecule has 0 bridgehead atoms. The van der Waals surface area contributed by atoms with E-state index in [9.17, 15) is 8.42 Å². The fraction of sp³-hybridized carbons (Fsp3) is 0.455. The van der Waals surface area contributed by atoms with E-state index in [0.29, 0.717) is 6.54 Å². The summed E-state index contributed by atoms with van der Waals surface area (Å²) < 4.78 is 27.5. The number of rotatable bonds is 5. The number of aromatic hydroxyl groups is 1. The molecule has 0 saturated heterocycles. The van der Waals surface area contributed by atoms with Gasteiger partial charge in [0.15, 0.2) is 0 Å². The molecule has 17 heavy (non-hydrogen) atoms. The molecule has 0 radical (unpaired) electrons. The number of hydrogen-bond donors (Lipinski definition) is 2. The van der Waals surface area contributed by atoms with Gasteiger partial charge in [0, 0.05) is 19.6 Å². The van der Waals surface area contributed by atoms with Crippen molar-refractivity contribution in [2.45, 2.75) is 25.4 Å². The highest BCUT2D eigenvalue weighted by atomic mass is 32.2. The van der Waals surface area contributed by atoms with E-state index in [1.54, 1.807) is 24.3 Å². The first-order valence-corrected chi connectivity index (χ1v) is 6.93. The van der Waals surface area contributed by atoms with Crippen LogP contribution in [0.2, 0.25) is 0 Å². The Bertz CT molecular complexity index is 480. The van der Waals surface area contributed by atoms with Crippen LogP contribution in [0.4, 0.5) is 0 Å². The van der Waals surface area contributed by atoms with E-state index in [-0.39, 0.29) is 11.8 Å². The molecular formula is C11H16N2O3S. The van der Waals surface area contributed by atoms with Crippen LogP contribution in [-0.2, 0) is 16.8 Å². The third-order valence-electron chi connectivity index (χ3n) is 2.64. The molecule has 0 atom stereocenters. The fourth-order valence-corrected chi connectivity index (χ4v) is 2.60. The Hall–Kier alpha value is -1.11. The molecule has 1 saturated carbocycles. The fourth-order valence-electron chi connectivity index (χ4n) is 1.45. The van der Waals surface area contributed by atoms with Crippen molar-refractivity contribution < 1.29 is 13.5 Å². The SMILES string of the molecule is CN(Cc1ccc(O)cc1)S(=O)(=O)NC1CC1. The zero-order chi connectivity index (χ0) is 12.5. The maximum absolute atomic E-state index is 11.8. The number of benzene rings is 1. The van der Waals surface area contributed by atoms with E-state index < -0.39 is 10.2 Å². The second-order valence-electron chi connectivity index (χ2n) is 4.32. The van der Waals surface area contributed by atoms with Crippen LogP contribution in [0.5, 0.6) is 5.75 Å². The van der Waals surface area contributed by atoms with Crippen LogP contribution in [0, 0.1) is 0 Å². The minimum Gasteiger partial charge on any atom is -0.508 e. The molecule has 0 aliphatic heterocycles. The Morgan fingerprint density at radius 2 is 1.94 bits per heavy atom. The van der Waals surface area contributed by atoms with Crippen LogP contribution in [0.1, 0.15) is 18.4 Å². The topological polar surface area (TPSA) is 69.6 Å². The van der Waals surface area contributed by atoms with E-state index >= 15 is 0 Å². The van der Waals surface area contributed by atoms with Gasteiger partial charge in [-0.1, -0.05) is 12.1 Å². The summed E-state index contributed by atoms with van der Waals surface area (Å²) in [5, 5.41) is 9.13. The first-order valence-electron chi connectivity index (χ1n) is 5.49. The lowest BCUT2D eigenvalue weighted by Crippen LogP contribution is -2.38. The van der Waals surface area contributed by atoms with Gasteiger partial charge in [-0.25, -0.2) is 0 Å². The van der Waals surface area contributed by atoms with Crippen LogP contribution in [-0.4, -0.2) is 30.9 Å². The summed E-state index contributed by atoms with van der Waals surface area (Å²) in [6.07, 6.45) is 1.85. The van der Waals surface area contributed by atoms with E-state index in [2.05, 4.69) is 4.72 Å². The zero-order valence-corrected chi connectivity index (χ0v) is 10.4. The number of nitrogens with one attached hydrogen (secondary N) is 1. The van der Waals surface area contributed by atoms with Crippen molar-refractivity contribution in [1.29, 1.82) is 0 Å². The Balaban J connectivity index is 2.00. The molecule has 1 aromatic carbocycles. The molecule has 1 fully saturated rings. The van der Waals surface area contributed by atoms with E-state index in [4.69, 9.17) is 5.11 Å². The molecule has 6 heteroatoms. The number of nitrogens with zero attached hydrogens (tertiary/aromatic N) is 1. The van der Waals surface area contributed by atoms with Crippen molar-refractivity contribution >= 4 is 10.2 Å². The highest BCUT2D eigenvalue weighted by Crippen LogP contribution is 2.21. The third kappa shape index (κ3) is 3.42. The maximum atomic E-state index is 11.8. The summed E-state index contributed by atoms with van der Waals surface area (Å²) in [7, 11) is -1.85. The molecule has 0 spiro atoms. The second kappa shape index (κ2) is 4.64. The highest BCUT2D eigenvalue weighted by Gasteiger charge is 2.29. The molecule has 0 heterocycles. The van der Waals surface area contributed by atoms with Crippen LogP contribution >= 0.6 is 0 Å². The van der Waals surface area contributed by atoms with E-state index in [1.165, 1.54) is 11.4 Å². The summed E-state index contributed by atoms with van der Waals surface area (Å²) >= 11 is 0. The van der Waals surface area contributed by atoms with Crippen LogP contribution in [0.3, 0.4) is 0 Å². The van der Waals surface area contributed by atoms with Crippen molar-refractivity contribution in [2.24, 2.45) is 0 Å². The molecular weight excluding hydrogens is 240 g/mol. The Kier molecular flexibility index (Phi) is 3.37. The molecule has 5 nitrogen and oxygen atoms in total. The molecule has 2 N–H and O–H groups in total. The second-order valence-corrected chi connectivity index (χ2v) is 6.13. The highest BCUT2D eigenvalue weighted by molar-refractivity contribution is 7.87. The number of phenols is 1. The summed E-state index contributed by atoms with van der Waals surface area (Å²) in [6.45, 7) is 0.294. The van der Waals surface area contributed by atoms with Crippen molar-refractivity contribution in [2.75, 3.05) is 7.05 Å². The molecule has 1 aromatic rings. The van der Waals surface area contributed by atoms with Crippen LogP contribution < -0.4 is 4.72 Å². The van der Waals surface area contributed by atoms with Crippen molar-refractivity contribution in [3.63, 3.8) is 0 Å². The monoisotopic (exact) mass is 256 g/mol. The van der Waals surface area contributed by atoms with E-state index in [1.807, 2.05) is 0 Å². The standard InChI is InChI=1S/C11H16N2O3S/c1-13(17(15,16)12-10-4-5-10)8-9-2-6-11(14)7-3-9/h2-3,6-7,10,12,14H,4-5,8H2,1H3. The van der Waals surface area contributed by atoms with Gasteiger partial charge in [0.05, 0.1) is 0 Å². The molecule has 0 aromatic heterocycles. The molecule has 1 aliphatic rings. The minimum atomic E-state index is -3.38. The number of hydrogen-bond acceptors (Lipinski definition) is 3. The Labute approximate surface area is 101 Å². The normalized spacial score (nSPS) is 16.4. The smallest absolute Gasteiger partial charge is 0.279 e. The molecule has 2 rings (SSSR count). The zero-order valence-electron chi connectivity index (χ0n) is 9.63. The first-order chi connectivity index (χ1) is 7.97.